The van der Waals surface area contributed by atoms with Gasteiger partial charge in [-0.15, -0.1) is 0 Å². The number of amides is 1. The zero-order valence-electron chi connectivity index (χ0n) is 17.7. The van der Waals surface area contributed by atoms with Gasteiger partial charge in [0.05, 0.1) is 12.6 Å². The number of nitrogens with one attached hydrogen (secondary N) is 1. The van der Waals surface area contributed by atoms with E-state index >= 15 is 0 Å². The number of pyridine rings is 1. The first-order valence-corrected chi connectivity index (χ1v) is 9.91. The molecule has 1 amide bonds. The standard InChI is InChI=1S/C24H25F2N3O2/c1-16-7-4-8-17(13-16)15-29-12-6-9-18(24(29)31)23(30)27-14-21(28(2)3)22-19(25)10-5-11-20(22)26/h4-13,21H,14-15H2,1-3H3,(H,27,30). The van der Waals surface area contributed by atoms with Crippen LogP contribution in [0.5, 0.6) is 0 Å². The Balaban J connectivity index is 1.79. The lowest BCUT2D eigenvalue weighted by Crippen LogP contribution is -2.38. The van der Waals surface area contributed by atoms with E-state index in [-0.39, 0.29) is 17.7 Å². The summed E-state index contributed by atoms with van der Waals surface area (Å²) in [5.74, 6) is -1.96. The van der Waals surface area contributed by atoms with Crippen molar-refractivity contribution in [3.8, 4) is 0 Å². The molecule has 0 bridgehead atoms. The van der Waals surface area contributed by atoms with Gasteiger partial charge in [0.1, 0.15) is 17.2 Å². The molecule has 0 aliphatic rings. The first-order chi connectivity index (χ1) is 14.8. The van der Waals surface area contributed by atoms with Crippen LogP contribution in [0, 0.1) is 18.6 Å². The van der Waals surface area contributed by atoms with Gasteiger partial charge in [-0.3, -0.25) is 9.59 Å². The Bertz CT molecular complexity index is 1120. The van der Waals surface area contributed by atoms with Crippen LogP contribution in [-0.4, -0.2) is 36.0 Å². The Hall–Kier alpha value is -3.32. The Morgan fingerprint density at radius 3 is 2.39 bits per heavy atom. The Morgan fingerprint density at radius 1 is 1.06 bits per heavy atom. The lowest BCUT2D eigenvalue weighted by Gasteiger charge is -2.25. The fraction of sp³-hybridized carbons (Fsp3) is 0.250. The van der Waals surface area contributed by atoms with Crippen molar-refractivity contribution < 1.29 is 13.6 Å². The van der Waals surface area contributed by atoms with E-state index in [1.807, 2.05) is 31.2 Å². The molecule has 0 spiro atoms. The van der Waals surface area contributed by atoms with Gasteiger partial charge in [-0.05, 0) is 50.8 Å². The fourth-order valence-electron chi connectivity index (χ4n) is 3.50. The number of rotatable bonds is 7. The molecule has 5 nitrogen and oxygen atoms in total. The molecule has 2 aromatic carbocycles. The number of nitrogens with zero attached hydrogens (tertiary/aromatic N) is 2. The SMILES string of the molecule is Cc1cccc(Cn2cccc(C(=O)NCC(c3c(F)cccc3F)N(C)C)c2=O)c1. The van der Waals surface area contributed by atoms with Gasteiger partial charge >= 0.3 is 0 Å². The van der Waals surface area contributed by atoms with Gasteiger partial charge in [0.25, 0.3) is 11.5 Å². The molecule has 162 valence electrons. The van der Waals surface area contributed by atoms with Crippen LogP contribution in [0.2, 0.25) is 0 Å². The highest BCUT2D eigenvalue weighted by Gasteiger charge is 2.23. The topological polar surface area (TPSA) is 54.3 Å². The van der Waals surface area contributed by atoms with E-state index in [9.17, 15) is 18.4 Å². The van der Waals surface area contributed by atoms with Crippen LogP contribution in [0.3, 0.4) is 0 Å². The van der Waals surface area contributed by atoms with E-state index in [0.717, 1.165) is 11.1 Å². The van der Waals surface area contributed by atoms with E-state index in [4.69, 9.17) is 0 Å². The summed E-state index contributed by atoms with van der Waals surface area (Å²) >= 11 is 0. The number of halogens is 2. The smallest absolute Gasteiger partial charge is 0.263 e. The summed E-state index contributed by atoms with van der Waals surface area (Å²) in [6.45, 7) is 2.24. The van der Waals surface area contributed by atoms with Gasteiger partial charge in [0.2, 0.25) is 0 Å². The Kier molecular flexibility index (Phi) is 6.97. The van der Waals surface area contributed by atoms with Crippen LogP contribution in [0.4, 0.5) is 8.78 Å². The highest BCUT2D eigenvalue weighted by molar-refractivity contribution is 5.93. The number of aromatic nitrogens is 1. The van der Waals surface area contributed by atoms with Crippen molar-refractivity contribution in [1.82, 2.24) is 14.8 Å². The van der Waals surface area contributed by atoms with Crippen molar-refractivity contribution in [3.05, 3.63) is 105 Å². The molecule has 3 rings (SSSR count). The molecule has 0 saturated heterocycles. The number of benzene rings is 2. The first-order valence-electron chi connectivity index (χ1n) is 9.91. The summed E-state index contributed by atoms with van der Waals surface area (Å²) in [5.41, 5.74) is 1.44. The monoisotopic (exact) mass is 425 g/mol. The van der Waals surface area contributed by atoms with Crippen LogP contribution in [0.25, 0.3) is 0 Å². The van der Waals surface area contributed by atoms with E-state index in [2.05, 4.69) is 5.32 Å². The third-order valence-electron chi connectivity index (χ3n) is 5.11. The molecule has 1 unspecified atom stereocenters. The average Bonchev–Trinajstić information content (AvgIpc) is 2.71. The van der Waals surface area contributed by atoms with Gasteiger partial charge in [-0.1, -0.05) is 35.9 Å². The molecule has 1 N–H and O–H groups in total. The van der Waals surface area contributed by atoms with E-state index in [0.29, 0.717) is 6.54 Å². The fourth-order valence-corrected chi connectivity index (χ4v) is 3.50. The molecule has 7 heteroatoms. The highest BCUT2D eigenvalue weighted by atomic mass is 19.1. The molecule has 1 heterocycles. The molecular formula is C24H25F2N3O2. The molecule has 0 fully saturated rings. The maximum absolute atomic E-state index is 14.2. The molecule has 0 saturated carbocycles. The van der Waals surface area contributed by atoms with Crippen molar-refractivity contribution in [2.75, 3.05) is 20.6 Å². The lowest BCUT2D eigenvalue weighted by atomic mass is 10.0. The van der Waals surface area contributed by atoms with Crippen molar-refractivity contribution in [2.45, 2.75) is 19.5 Å². The lowest BCUT2D eigenvalue weighted by molar-refractivity contribution is 0.0938. The molecule has 1 atom stereocenters. The van der Waals surface area contributed by atoms with Crippen molar-refractivity contribution >= 4 is 5.91 Å². The number of carbonyl (C=O) groups is 1. The second kappa shape index (κ2) is 9.66. The molecule has 31 heavy (non-hydrogen) atoms. The molecular weight excluding hydrogens is 400 g/mol. The van der Waals surface area contributed by atoms with Crippen LogP contribution in [0.15, 0.2) is 65.6 Å². The zero-order valence-corrected chi connectivity index (χ0v) is 17.7. The quantitative estimate of drug-likeness (QED) is 0.630. The van der Waals surface area contributed by atoms with Gasteiger partial charge in [0.15, 0.2) is 0 Å². The van der Waals surface area contributed by atoms with Crippen molar-refractivity contribution in [1.29, 1.82) is 0 Å². The third kappa shape index (κ3) is 5.24. The van der Waals surface area contributed by atoms with Crippen LogP contribution < -0.4 is 10.9 Å². The maximum atomic E-state index is 14.2. The number of aryl methyl sites for hydroxylation is 1. The number of carbonyl (C=O) groups excluding carboxylic acids is 1. The second-order valence-corrected chi connectivity index (χ2v) is 7.67. The van der Waals surface area contributed by atoms with Gasteiger partial charge in [-0.2, -0.15) is 0 Å². The summed E-state index contributed by atoms with van der Waals surface area (Å²) in [7, 11) is 3.33. The largest absolute Gasteiger partial charge is 0.350 e. The van der Waals surface area contributed by atoms with Gasteiger partial charge in [-0.25, -0.2) is 8.78 Å². The highest BCUT2D eigenvalue weighted by Crippen LogP contribution is 2.24. The number of likely N-dealkylation sites (N-methyl/N-ethyl adjacent to an activating group) is 1. The normalized spacial score (nSPS) is 12.1. The predicted molar refractivity (Wildman–Crippen MR) is 116 cm³/mol. The zero-order chi connectivity index (χ0) is 22.5. The van der Waals surface area contributed by atoms with Crippen LogP contribution in [0.1, 0.15) is 33.1 Å². The third-order valence-corrected chi connectivity index (χ3v) is 5.11. The Labute approximate surface area is 179 Å². The Morgan fingerprint density at radius 2 is 1.74 bits per heavy atom. The van der Waals surface area contributed by atoms with Gasteiger partial charge < -0.3 is 14.8 Å². The van der Waals surface area contributed by atoms with Crippen molar-refractivity contribution in [2.24, 2.45) is 0 Å². The second-order valence-electron chi connectivity index (χ2n) is 7.67. The summed E-state index contributed by atoms with van der Waals surface area (Å²) in [6.07, 6.45) is 1.62. The van der Waals surface area contributed by atoms with Crippen LogP contribution in [-0.2, 0) is 6.54 Å². The minimum Gasteiger partial charge on any atom is -0.350 e. The molecule has 0 radical (unpaired) electrons. The minimum absolute atomic E-state index is 0.0262. The molecule has 1 aromatic heterocycles. The molecule has 3 aromatic rings. The number of hydrogen-bond donors (Lipinski definition) is 1. The predicted octanol–water partition coefficient (Wildman–Crippen LogP) is 3.52. The van der Waals surface area contributed by atoms with Crippen molar-refractivity contribution in [3.63, 3.8) is 0 Å². The average molecular weight is 425 g/mol. The molecule has 0 aliphatic carbocycles. The molecule has 0 aliphatic heterocycles. The first kappa shape index (κ1) is 22.4. The summed E-state index contributed by atoms with van der Waals surface area (Å²) in [4.78, 5) is 27.2. The summed E-state index contributed by atoms with van der Waals surface area (Å²) < 4.78 is 29.9. The van der Waals surface area contributed by atoms with E-state index in [1.54, 1.807) is 31.3 Å². The van der Waals surface area contributed by atoms with E-state index < -0.39 is 29.1 Å². The van der Waals surface area contributed by atoms with Gasteiger partial charge in [0, 0.05) is 18.3 Å². The summed E-state index contributed by atoms with van der Waals surface area (Å²) in [5, 5.41) is 2.65. The van der Waals surface area contributed by atoms with E-state index in [1.165, 1.54) is 28.8 Å². The summed E-state index contributed by atoms with van der Waals surface area (Å²) in [6, 6.07) is 13.8. The maximum Gasteiger partial charge on any atom is 0.263 e. The number of hydrogen-bond acceptors (Lipinski definition) is 3. The minimum atomic E-state index is -0.733. The van der Waals surface area contributed by atoms with Crippen LogP contribution >= 0.6 is 0 Å².